The normalized spacial score (nSPS) is 11.2. The number of amides is 3. The summed E-state index contributed by atoms with van der Waals surface area (Å²) in [6.45, 7) is 7.29. The van der Waals surface area contributed by atoms with E-state index in [1.54, 1.807) is 29.4 Å². The van der Waals surface area contributed by atoms with Crippen molar-refractivity contribution in [3.8, 4) is 0 Å². The lowest BCUT2D eigenvalue weighted by molar-refractivity contribution is 0.0254. The number of nitrogens with zero attached hydrogens (tertiary/aromatic N) is 3. The molecule has 4 aromatic rings. The Bertz CT molecular complexity index is 1570. The summed E-state index contributed by atoms with van der Waals surface area (Å²) in [6, 6.07) is 16.5. The fourth-order valence-electron chi connectivity index (χ4n) is 4.46. The van der Waals surface area contributed by atoms with Crippen LogP contribution in [0.3, 0.4) is 0 Å². The smallest absolute Gasteiger partial charge is 0.410 e. The second-order valence-corrected chi connectivity index (χ2v) is 11.1. The third-order valence-electron chi connectivity index (χ3n) is 6.54. The molecule has 0 atom stereocenters. The molecule has 3 amide bonds. The first-order valence-corrected chi connectivity index (χ1v) is 14.2. The molecule has 0 radical (unpaired) electrons. The van der Waals surface area contributed by atoms with Crippen molar-refractivity contribution in [1.29, 1.82) is 0 Å². The number of alkyl carbamates (subject to hydrolysis) is 1. The number of unbranched alkanes of at least 4 members (excludes halogenated alkanes) is 1. The number of anilines is 1. The molecule has 0 bridgehead atoms. The van der Waals surface area contributed by atoms with Gasteiger partial charge >= 0.3 is 12.2 Å². The van der Waals surface area contributed by atoms with E-state index in [4.69, 9.17) is 20.2 Å². The standard InChI is InChI=1S/C32H38N6O5/c1-32(2,3)43-31(41)38(17-8-7-14-36-30(40)42-21-22-9-5-4-6-10-22)18-16-35-29-25-13-15-34-20-26(25)24-12-11-23(28(33)39)19-27(24)37-29/h4-6,9-13,15,19-20H,7-8,14,16-18,21H2,1-3H3,(H2,33,39)(H,35,37)(H,36,40). The van der Waals surface area contributed by atoms with E-state index < -0.39 is 23.7 Å². The van der Waals surface area contributed by atoms with Crippen molar-refractivity contribution in [2.75, 3.05) is 31.5 Å². The van der Waals surface area contributed by atoms with Crippen LogP contribution in [0.4, 0.5) is 15.4 Å². The van der Waals surface area contributed by atoms with E-state index in [0.717, 1.165) is 21.7 Å². The third kappa shape index (κ3) is 9.03. The van der Waals surface area contributed by atoms with Crippen molar-refractivity contribution < 1.29 is 23.9 Å². The number of benzene rings is 2. The Morgan fingerprint density at radius 2 is 1.72 bits per heavy atom. The Hall–Kier alpha value is -4.93. The highest BCUT2D eigenvalue weighted by molar-refractivity contribution is 6.11. The molecule has 43 heavy (non-hydrogen) atoms. The summed E-state index contributed by atoms with van der Waals surface area (Å²) in [5, 5.41) is 8.69. The minimum absolute atomic E-state index is 0.205. The van der Waals surface area contributed by atoms with Crippen LogP contribution in [0, 0.1) is 0 Å². The van der Waals surface area contributed by atoms with E-state index in [1.165, 1.54) is 0 Å². The molecule has 2 heterocycles. The summed E-state index contributed by atoms with van der Waals surface area (Å²) in [7, 11) is 0. The first-order valence-electron chi connectivity index (χ1n) is 14.2. The molecular weight excluding hydrogens is 548 g/mol. The maximum Gasteiger partial charge on any atom is 0.410 e. The quantitative estimate of drug-likeness (QED) is 0.151. The molecule has 4 rings (SSSR count). The van der Waals surface area contributed by atoms with Crippen LogP contribution in [0.5, 0.6) is 0 Å². The van der Waals surface area contributed by atoms with Gasteiger partial charge in [0.1, 0.15) is 18.0 Å². The van der Waals surface area contributed by atoms with Crippen LogP contribution in [0.1, 0.15) is 49.5 Å². The van der Waals surface area contributed by atoms with Gasteiger partial charge in [-0.2, -0.15) is 0 Å². The summed E-state index contributed by atoms with van der Waals surface area (Å²) in [5.41, 5.74) is 6.72. The van der Waals surface area contributed by atoms with E-state index in [9.17, 15) is 14.4 Å². The molecule has 0 saturated carbocycles. The number of primary amides is 1. The Labute approximate surface area is 250 Å². The topological polar surface area (TPSA) is 149 Å². The van der Waals surface area contributed by atoms with Gasteiger partial charge in [0.05, 0.1) is 5.52 Å². The monoisotopic (exact) mass is 586 g/mol. The van der Waals surface area contributed by atoms with Gasteiger partial charge in [-0.3, -0.25) is 9.78 Å². The number of hydrogen-bond donors (Lipinski definition) is 3. The molecule has 2 aromatic heterocycles. The molecule has 0 aliphatic rings. The summed E-state index contributed by atoms with van der Waals surface area (Å²) >= 11 is 0. The zero-order chi connectivity index (χ0) is 30.8. The lowest BCUT2D eigenvalue weighted by atomic mass is 10.1. The van der Waals surface area contributed by atoms with E-state index in [0.29, 0.717) is 55.9 Å². The third-order valence-corrected chi connectivity index (χ3v) is 6.54. The molecule has 0 unspecified atom stereocenters. The van der Waals surface area contributed by atoms with Crippen molar-refractivity contribution >= 4 is 45.6 Å². The highest BCUT2D eigenvalue weighted by Crippen LogP contribution is 2.29. The SMILES string of the molecule is CC(C)(C)OC(=O)N(CCCCNC(=O)OCc1ccccc1)CCNc1nc2cc(C(N)=O)ccc2c2cnccc12. The summed E-state index contributed by atoms with van der Waals surface area (Å²) < 4.78 is 10.9. The van der Waals surface area contributed by atoms with E-state index in [1.807, 2.05) is 63.2 Å². The number of pyridine rings is 2. The molecule has 2 aromatic carbocycles. The van der Waals surface area contributed by atoms with Crippen molar-refractivity contribution in [1.82, 2.24) is 20.2 Å². The highest BCUT2D eigenvalue weighted by Gasteiger charge is 2.22. The lowest BCUT2D eigenvalue weighted by Gasteiger charge is -2.27. The van der Waals surface area contributed by atoms with Gasteiger partial charge < -0.3 is 30.7 Å². The summed E-state index contributed by atoms with van der Waals surface area (Å²) in [5.74, 6) is 0.0747. The van der Waals surface area contributed by atoms with Crippen LogP contribution in [-0.2, 0) is 16.1 Å². The van der Waals surface area contributed by atoms with E-state index in [2.05, 4.69) is 15.6 Å². The molecule has 226 valence electrons. The van der Waals surface area contributed by atoms with Crippen molar-refractivity contribution in [3.63, 3.8) is 0 Å². The van der Waals surface area contributed by atoms with Crippen molar-refractivity contribution in [2.45, 2.75) is 45.8 Å². The predicted molar refractivity (Wildman–Crippen MR) is 166 cm³/mol. The number of hydrogen-bond acceptors (Lipinski definition) is 8. The van der Waals surface area contributed by atoms with Crippen LogP contribution >= 0.6 is 0 Å². The molecule has 4 N–H and O–H groups in total. The van der Waals surface area contributed by atoms with Gasteiger partial charge in [-0.15, -0.1) is 0 Å². The average molecular weight is 587 g/mol. The first kappa shape index (κ1) is 31.0. The van der Waals surface area contributed by atoms with Gasteiger partial charge in [-0.25, -0.2) is 14.6 Å². The van der Waals surface area contributed by atoms with Gasteiger partial charge in [0.25, 0.3) is 0 Å². The minimum Gasteiger partial charge on any atom is -0.445 e. The number of rotatable bonds is 12. The minimum atomic E-state index is -0.645. The van der Waals surface area contributed by atoms with Crippen LogP contribution in [-0.4, -0.2) is 64.7 Å². The van der Waals surface area contributed by atoms with Crippen LogP contribution in [0.15, 0.2) is 67.0 Å². The number of nitrogens with two attached hydrogens (primary N) is 1. The Morgan fingerprint density at radius 3 is 2.47 bits per heavy atom. The molecule has 0 fully saturated rings. The molecule has 0 saturated heterocycles. The van der Waals surface area contributed by atoms with E-state index >= 15 is 0 Å². The fourth-order valence-corrected chi connectivity index (χ4v) is 4.46. The molecule has 0 aliphatic carbocycles. The average Bonchev–Trinajstić information content (AvgIpc) is 2.98. The van der Waals surface area contributed by atoms with Crippen LogP contribution in [0.25, 0.3) is 21.7 Å². The van der Waals surface area contributed by atoms with Gasteiger partial charge in [0.15, 0.2) is 0 Å². The van der Waals surface area contributed by atoms with Gasteiger partial charge in [-0.1, -0.05) is 36.4 Å². The number of fused-ring (bicyclic) bond motifs is 3. The summed E-state index contributed by atoms with van der Waals surface area (Å²) in [6.07, 6.45) is 3.85. The van der Waals surface area contributed by atoms with Crippen LogP contribution < -0.4 is 16.4 Å². The largest absolute Gasteiger partial charge is 0.445 e. The van der Waals surface area contributed by atoms with Crippen molar-refractivity contribution in [3.05, 3.63) is 78.1 Å². The summed E-state index contributed by atoms with van der Waals surface area (Å²) in [4.78, 5) is 47.4. The Morgan fingerprint density at radius 1 is 0.930 bits per heavy atom. The van der Waals surface area contributed by atoms with Gasteiger partial charge in [0, 0.05) is 60.3 Å². The molecule has 0 spiro atoms. The number of aromatic nitrogens is 2. The van der Waals surface area contributed by atoms with E-state index in [-0.39, 0.29) is 6.61 Å². The molecule has 0 aliphatic heterocycles. The van der Waals surface area contributed by atoms with Gasteiger partial charge in [0.2, 0.25) is 5.91 Å². The zero-order valence-electron chi connectivity index (χ0n) is 24.8. The number of carbonyl (C=O) groups is 3. The number of carbonyl (C=O) groups excluding carboxylic acids is 3. The molecular formula is C32H38N6O5. The fraction of sp³-hybridized carbons (Fsp3) is 0.344. The highest BCUT2D eigenvalue weighted by atomic mass is 16.6. The zero-order valence-corrected chi connectivity index (χ0v) is 24.8. The van der Waals surface area contributed by atoms with Crippen LogP contribution in [0.2, 0.25) is 0 Å². The number of ether oxygens (including phenoxy) is 2. The second-order valence-electron chi connectivity index (χ2n) is 11.1. The van der Waals surface area contributed by atoms with Crippen molar-refractivity contribution in [2.24, 2.45) is 5.73 Å². The Balaban J connectivity index is 1.35. The number of nitrogens with one attached hydrogen (secondary N) is 2. The second kappa shape index (κ2) is 14.3. The lowest BCUT2D eigenvalue weighted by Crippen LogP contribution is -2.40. The van der Waals surface area contributed by atoms with Gasteiger partial charge in [-0.05, 0) is 57.4 Å². The Kier molecular flexibility index (Phi) is 10.3. The molecule has 11 heteroatoms. The molecule has 11 nitrogen and oxygen atoms in total. The maximum absolute atomic E-state index is 13.0. The maximum atomic E-state index is 13.0. The predicted octanol–water partition coefficient (Wildman–Crippen LogP) is 5.24. The first-order chi connectivity index (χ1) is 20.6.